The topological polar surface area (TPSA) is 97.3 Å². The molecule has 1 saturated heterocycles. The number of anilines is 2. The summed E-state index contributed by atoms with van der Waals surface area (Å²) in [5.41, 5.74) is 0.664. The Labute approximate surface area is 150 Å². The maximum Gasteiger partial charge on any atom is 0.277 e. The van der Waals surface area contributed by atoms with E-state index in [1.165, 1.54) is 12.3 Å². The second kappa shape index (κ2) is 6.99. The van der Waals surface area contributed by atoms with E-state index in [-0.39, 0.29) is 5.69 Å². The van der Waals surface area contributed by atoms with E-state index in [9.17, 15) is 4.79 Å². The normalized spacial score (nSPS) is 15.2. The molecule has 8 heteroatoms. The largest absolute Gasteiger partial charge is 0.461 e. The van der Waals surface area contributed by atoms with Crippen molar-refractivity contribution in [2.24, 2.45) is 5.92 Å². The molecule has 0 aliphatic carbocycles. The minimum atomic E-state index is -0.394. The van der Waals surface area contributed by atoms with Crippen LogP contribution < -0.4 is 10.2 Å². The lowest BCUT2D eigenvalue weighted by molar-refractivity contribution is 0.101. The number of rotatable bonds is 4. The minimum absolute atomic E-state index is 0.158. The first-order valence-corrected chi connectivity index (χ1v) is 8.58. The minimum Gasteiger partial charge on any atom is -0.461 e. The highest BCUT2D eigenvalue weighted by Crippen LogP contribution is 2.22. The molecule has 1 aliphatic rings. The van der Waals surface area contributed by atoms with Gasteiger partial charge in [-0.2, -0.15) is 0 Å². The van der Waals surface area contributed by atoms with Crippen molar-refractivity contribution in [1.82, 2.24) is 15.1 Å². The van der Waals surface area contributed by atoms with Crippen molar-refractivity contribution in [3.8, 4) is 11.5 Å². The van der Waals surface area contributed by atoms with Crippen LogP contribution in [0.2, 0.25) is 0 Å². The summed E-state index contributed by atoms with van der Waals surface area (Å²) >= 11 is 0. The standard InChI is InChI=1S/C18H19N5O3/c1-12-4-6-23(7-5-12)18-19-10-13(11-20-18)21-17(24)14-9-16(26-22-14)15-3-2-8-25-15/h2-3,8-12H,4-7H2,1H3,(H,21,24). The van der Waals surface area contributed by atoms with Crippen LogP contribution in [-0.2, 0) is 0 Å². The lowest BCUT2D eigenvalue weighted by Gasteiger charge is -2.30. The maximum absolute atomic E-state index is 12.3. The Balaban J connectivity index is 1.40. The van der Waals surface area contributed by atoms with Gasteiger partial charge in [-0.1, -0.05) is 12.1 Å². The highest BCUT2D eigenvalue weighted by Gasteiger charge is 2.19. The molecule has 0 aromatic carbocycles. The molecule has 1 aliphatic heterocycles. The monoisotopic (exact) mass is 353 g/mol. The van der Waals surface area contributed by atoms with Crippen LogP contribution in [0.25, 0.3) is 11.5 Å². The van der Waals surface area contributed by atoms with Crippen LogP contribution in [0.5, 0.6) is 0 Å². The number of nitrogens with one attached hydrogen (secondary N) is 1. The zero-order chi connectivity index (χ0) is 17.9. The molecule has 8 nitrogen and oxygen atoms in total. The second-order valence-corrected chi connectivity index (χ2v) is 6.45. The van der Waals surface area contributed by atoms with Crippen molar-refractivity contribution >= 4 is 17.5 Å². The average Bonchev–Trinajstić information content (AvgIpc) is 3.35. The molecule has 0 bridgehead atoms. The molecule has 1 amide bonds. The van der Waals surface area contributed by atoms with Gasteiger partial charge in [-0.25, -0.2) is 9.97 Å². The molecular weight excluding hydrogens is 334 g/mol. The van der Waals surface area contributed by atoms with Gasteiger partial charge in [-0.15, -0.1) is 0 Å². The van der Waals surface area contributed by atoms with E-state index in [1.54, 1.807) is 24.5 Å². The Morgan fingerprint density at radius 1 is 1.23 bits per heavy atom. The Hall–Kier alpha value is -3.16. The number of piperidine rings is 1. The lowest BCUT2D eigenvalue weighted by atomic mass is 10.00. The molecule has 0 atom stereocenters. The molecular formula is C18H19N5O3. The highest BCUT2D eigenvalue weighted by atomic mass is 16.5. The van der Waals surface area contributed by atoms with Crippen molar-refractivity contribution < 1.29 is 13.7 Å². The fourth-order valence-corrected chi connectivity index (χ4v) is 2.87. The van der Waals surface area contributed by atoms with Gasteiger partial charge in [-0.3, -0.25) is 4.79 Å². The van der Waals surface area contributed by atoms with E-state index in [0.717, 1.165) is 31.8 Å². The molecule has 0 radical (unpaired) electrons. The first-order valence-electron chi connectivity index (χ1n) is 8.58. The quantitative estimate of drug-likeness (QED) is 0.769. The third-order valence-electron chi connectivity index (χ3n) is 4.47. The van der Waals surface area contributed by atoms with Gasteiger partial charge in [0.25, 0.3) is 5.91 Å². The predicted octanol–water partition coefficient (Wildman–Crippen LogP) is 3.21. The van der Waals surface area contributed by atoms with Crippen molar-refractivity contribution in [2.45, 2.75) is 19.8 Å². The average molecular weight is 353 g/mol. The number of aromatic nitrogens is 3. The molecule has 1 N–H and O–H groups in total. The first kappa shape index (κ1) is 16.3. The summed E-state index contributed by atoms with van der Waals surface area (Å²) in [7, 11) is 0. The third kappa shape index (κ3) is 3.44. The fourth-order valence-electron chi connectivity index (χ4n) is 2.87. The summed E-state index contributed by atoms with van der Waals surface area (Å²) in [5, 5.41) is 6.49. The molecule has 0 spiro atoms. The molecule has 3 aromatic rings. The van der Waals surface area contributed by atoms with Crippen molar-refractivity contribution in [3.05, 3.63) is 42.5 Å². The van der Waals surface area contributed by atoms with Crippen LogP contribution in [0.4, 0.5) is 11.6 Å². The SMILES string of the molecule is CC1CCN(c2ncc(NC(=O)c3cc(-c4ccco4)on3)cn2)CC1. The number of carbonyl (C=O) groups excluding carboxylic acids is 1. The molecule has 26 heavy (non-hydrogen) atoms. The van der Waals surface area contributed by atoms with E-state index >= 15 is 0 Å². The summed E-state index contributed by atoms with van der Waals surface area (Å²) in [4.78, 5) is 23.2. The maximum atomic E-state index is 12.3. The molecule has 0 unspecified atom stereocenters. The zero-order valence-electron chi connectivity index (χ0n) is 14.4. The molecule has 4 heterocycles. The molecule has 134 valence electrons. The Kier molecular flexibility index (Phi) is 4.39. The summed E-state index contributed by atoms with van der Waals surface area (Å²) < 4.78 is 10.4. The Bertz CT molecular complexity index is 865. The van der Waals surface area contributed by atoms with Gasteiger partial charge in [0.15, 0.2) is 11.5 Å². The van der Waals surface area contributed by atoms with Crippen LogP contribution in [0.15, 0.2) is 45.8 Å². The van der Waals surface area contributed by atoms with Gasteiger partial charge in [0.05, 0.1) is 24.3 Å². The van der Waals surface area contributed by atoms with E-state index in [1.807, 2.05) is 0 Å². The zero-order valence-corrected chi connectivity index (χ0v) is 14.4. The van der Waals surface area contributed by atoms with Gasteiger partial charge in [0.1, 0.15) is 0 Å². The van der Waals surface area contributed by atoms with Crippen molar-refractivity contribution in [1.29, 1.82) is 0 Å². The summed E-state index contributed by atoms with van der Waals surface area (Å²) in [6.07, 6.45) is 7.02. The van der Waals surface area contributed by atoms with E-state index in [2.05, 4.69) is 32.3 Å². The van der Waals surface area contributed by atoms with Crippen molar-refractivity contribution in [3.63, 3.8) is 0 Å². The smallest absolute Gasteiger partial charge is 0.277 e. The number of furan rings is 1. The Morgan fingerprint density at radius 3 is 2.69 bits per heavy atom. The fraction of sp³-hybridized carbons (Fsp3) is 0.333. The van der Waals surface area contributed by atoms with E-state index < -0.39 is 5.91 Å². The van der Waals surface area contributed by atoms with Crippen LogP contribution in [-0.4, -0.2) is 34.1 Å². The number of amides is 1. The third-order valence-corrected chi connectivity index (χ3v) is 4.47. The summed E-state index contributed by atoms with van der Waals surface area (Å²) in [5.74, 6) is 1.95. The molecule has 1 fully saturated rings. The van der Waals surface area contributed by atoms with Crippen LogP contribution >= 0.6 is 0 Å². The summed E-state index contributed by atoms with van der Waals surface area (Å²) in [6, 6.07) is 4.99. The van der Waals surface area contributed by atoms with E-state index in [4.69, 9.17) is 8.94 Å². The highest BCUT2D eigenvalue weighted by molar-refractivity contribution is 6.03. The van der Waals surface area contributed by atoms with Gasteiger partial charge < -0.3 is 19.2 Å². The summed E-state index contributed by atoms with van der Waals surface area (Å²) in [6.45, 7) is 4.18. The number of hydrogen-bond donors (Lipinski definition) is 1. The second-order valence-electron chi connectivity index (χ2n) is 6.45. The van der Waals surface area contributed by atoms with Gasteiger partial charge >= 0.3 is 0 Å². The number of carbonyl (C=O) groups is 1. The molecule has 0 saturated carbocycles. The van der Waals surface area contributed by atoms with Crippen LogP contribution in [0, 0.1) is 5.92 Å². The first-order chi connectivity index (χ1) is 12.7. The lowest BCUT2D eigenvalue weighted by Crippen LogP contribution is -2.34. The van der Waals surface area contributed by atoms with Gasteiger partial charge in [0, 0.05) is 19.2 Å². The van der Waals surface area contributed by atoms with Gasteiger partial charge in [0.2, 0.25) is 11.7 Å². The van der Waals surface area contributed by atoms with Gasteiger partial charge in [-0.05, 0) is 30.9 Å². The van der Waals surface area contributed by atoms with E-state index in [0.29, 0.717) is 23.2 Å². The van der Waals surface area contributed by atoms with Crippen molar-refractivity contribution in [2.75, 3.05) is 23.3 Å². The van der Waals surface area contributed by atoms with Crippen LogP contribution in [0.1, 0.15) is 30.3 Å². The Morgan fingerprint density at radius 2 is 2.00 bits per heavy atom. The predicted molar refractivity (Wildman–Crippen MR) is 94.8 cm³/mol. The number of nitrogens with zero attached hydrogens (tertiary/aromatic N) is 4. The number of hydrogen-bond acceptors (Lipinski definition) is 7. The molecule has 4 rings (SSSR count). The molecule has 3 aromatic heterocycles. The van der Waals surface area contributed by atoms with Crippen LogP contribution in [0.3, 0.4) is 0 Å².